The van der Waals surface area contributed by atoms with E-state index in [1.165, 1.54) is 0 Å². The Balaban J connectivity index is 0.948. The van der Waals surface area contributed by atoms with Gasteiger partial charge in [0, 0.05) is 44.7 Å². The van der Waals surface area contributed by atoms with Gasteiger partial charge < -0.3 is 28.1 Å². The van der Waals surface area contributed by atoms with Gasteiger partial charge >= 0.3 is 0 Å². The average molecular weight is 731 g/mol. The van der Waals surface area contributed by atoms with Crippen LogP contribution in [0.5, 0.6) is 11.5 Å². The first-order valence-corrected chi connectivity index (χ1v) is 21.3. The topological polar surface area (TPSA) is 71.1 Å². The number of rotatable bonds is 19. The monoisotopic (exact) mass is 730 g/mol. The molecule has 0 heterocycles. The molecular weight excluding hydrogens is 686 g/mol. The van der Waals surface area contributed by atoms with Gasteiger partial charge in [0.05, 0.1) is 26.4 Å². The molecule has 0 aliphatic carbocycles. The summed E-state index contributed by atoms with van der Waals surface area (Å²) >= 11 is 0. The third-order valence-corrected chi connectivity index (χ3v) is 14.9. The van der Waals surface area contributed by atoms with Gasteiger partial charge in [-0.25, -0.2) is 0 Å². The van der Waals surface area contributed by atoms with Crippen LogP contribution < -0.4 is 30.7 Å². The molecule has 266 valence electrons. The van der Waals surface area contributed by atoms with E-state index in [1.807, 2.05) is 170 Å². The Labute approximate surface area is 307 Å². The summed E-state index contributed by atoms with van der Waals surface area (Å²) < 4.78 is 53.0. The second-order valence-corrected chi connectivity index (χ2v) is 17.9. The predicted octanol–water partition coefficient (Wildman–Crippen LogP) is 8.21. The lowest BCUT2D eigenvalue weighted by molar-refractivity contribution is 0.0272. The Morgan fingerprint density at radius 1 is 0.327 bits per heavy atom. The number of ether oxygens (including phenoxy) is 4. The maximum Gasteiger partial charge on any atom is 0.147 e. The van der Waals surface area contributed by atoms with Gasteiger partial charge in [0.2, 0.25) is 0 Å². The number of hydrogen-bond acceptors (Lipinski definition) is 6. The standard InChI is InChI=1S/C44H44O6P2/c45-51(39-19-5-1-6-20-39,40-21-7-2-8-22-40)35-37-17-13-15-27-43(37)49-33-31-47-29-30-48-32-34-50-44-28-16-14-18-38(44)36-52(46,41-23-9-3-10-24-41)42-25-11-4-12-26-42/h1-28H,29-36H2. The second kappa shape index (κ2) is 18.7. The molecule has 0 bridgehead atoms. The normalized spacial score (nSPS) is 11.6. The molecule has 0 fully saturated rings. The first kappa shape index (κ1) is 37.1. The van der Waals surface area contributed by atoms with Crippen molar-refractivity contribution in [3.05, 3.63) is 181 Å². The Hall–Kier alpha value is -4.70. The molecule has 6 nitrogen and oxygen atoms in total. The van der Waals surface area contributed by atoms with Gasteiger partial charge in [-0.05, 0) is 12.1 Å². The highest BCUT2D eigenvalue weighted by Gasteiger charge is 2.30. The van der Waals surface area contributed by atoms with Gasteiger partial charge in [0.1, 0.15) is 39.0 Å². The van der Waals surface area contributed by atoms with Crippen molar-refractivity contribution in [1.82, 2.24) is 0 Å². The number of hydrogen-bond donors (Lipinski definition) is 0. The van der Waals surface area contributed by atoms with Crippen LogP contribution in [0.2, 0.25) is 0 Å². The van der Waals surface area contributed by atoms with Gasteiger partial charge in [-0.3, -0.25) is 0 Å². The van der Waals surface area contributed by atoms with Crippen molar-refractivity contribution in [3.63, 3.8) is 0 Å². The van der Waals surface area contributed by atoms with E-state index in [0.717, 1.165) is 32.3 Å². The summed E-state index contributed by atoms with van der Waals surface area (Å²) in [7, 11) is -5.89. The van der Waals surface area contributed by atoms with Gasteiger partial charge in [-0.1, -0.05) is 158 Å². The van der Waals surface area contributed by atoms with E-state index in [2.05, 4.69) is 0 Å². The zero-order chi connectivity index (χ0) is 35.9. The minimum atomic E-state index is -2.94. The predicted molar refractivity (Wildman–Crippen MR) is 212 cm³/mol. The van der Waals surface area contributed by atoms with E-state index in [1.54, 1.807) is 0 Å². The fourth-order valence-electron chi connectivity index (χ4n) is 6.11. The molecule has 8 heteroatoms. The molecule has 0 aromatic heterocycles. The first-order valence-electron chi connectivity index (χ1n) is 17.5. The summed E-state index contributed by atoms with van der Waals surface area (Å²) in [5, 5.41) is 3.30. The Morgan fingerprint density at radius 3 is 0.923 bits per heavy atom. The van der Waals surface area contributed by atoms with Crippen LogP contribution in [0.1, 0.15) is 11.1 Å². The van der Waals surface area contributed by atoms with Gasteiger partial charge in [-0.15, -0.1) is 0 Å². The third kappa shape index (κ3) is 9.59. The van der Waals surface area contributed by atoms with Crippen LogP contribution in [-0.4, -0.2) is 39.6 Å². The lowest BCUT2D eigenvalue weighted by Gasteiger charge is -2.21. The fraction of sp³-hybridized carbons (Fsp3) is 0.182. The van der Waals surface area contributed by atoms with E-state index in [4.69, 9.17) is 18.9 Å². The van der Waals surface area contributed by atoms with E-state index in [0.29, 0.717) is 63.5 Å². The molecule has 0 aliphatic rings. The van der Waals surface area contributed by atoms with Crippen molar-refractivity contribution in [2.75, 3.05) is 39.6 Å². The molecule has 0 N–H and O–H groups in total. The van der Waals surface area contributed by atoms with Crippen LogP contribution in [-0.2, 0) is 30.9 Å². The Kier molecular flexibility index (Phi) is 13.3. The molecule has 0 unspecified atom stereocenters. The molecule has 0 saturated carbocycles. The minimum absolute atomic E-state index is 0.355. The molecule has 6 aromatic rings. The summed E-state index contributed by atoms with van der Waals surface area (Å²) in [4.78, 5) is 0. The summed E-state index contributed by atoms with van der Waals surface area (Å²) in [5.41, 5.74) is 1.79. The highest BCUT2D eigenvalue weighted by atomic mass is 31.2. The lowest BCUT2D eigenvalue weighted by atomic mass is 10.2. The maximum atomic E-state index is 14.6. The van der Waals surface area contributed by atoms with Crippen LogP contribution in [0.25, 0.3) is 0 Å². The van der Waals surface area contributed by atoms with Crippen molar-refractivity contribution in [2.24, 2.45) is 0 Å². The second-order valence-electron chi connectivity index (χ2n) is 12.3. The average Bonchev–Trinajstić information content (AvgIpc) is 3.21. The summed E-state index contributed by atoms with van der Waals surface area (Å²) in [6, 6.07) is 54.3. The molecule has 6 aromatic carbocycles. The fourth-order valence-corrected chi connectivity index (χ4v) is 11.5. The van der Waals surface area contributed by atoms with Crippen molar-refractivity contribution in [2.45, 2.75) is 12.3 Å². The van der Waals surface area contributed by atoms with E-state index in [-0.39, 0.29) is 0 Å². The molecule has 0 spiro atoms. The van der Waals surface area contributed by atoms with Crippen LogP contribution >= 0.6 is 14.3 Å². The highest BCUT2D eigenvalue weighted by Crippen LogP contribution is 2.49. The van der Waals surface area contributed by atoms with E-state index in [9.17, 15) is 9.13 Å². The maximum absolute atomic E-state index is 14.6. The number of benzene rings is 6. The molecule has 0 aliphatic heterocycles. The quantitative estimate of drug-likeness (QED) is 0.0619. The largest absolute Gasteiger partial charge is 0.491 e. The van der Waals surface area contributed by atoms with Crippen LogP contribution in [0.15, 0.2) is 170 Å². The van der Waals surface area contributed by atoms with Crippen molar-refractivity contribution >= 4 is 35.5 Å². The van der Waals surface area contributed by atoms with Gasteiger partial charge in [0.15, 0.2) is 0 Å². The zero-order valence-corrected chi connectivity index (χ0v) is 31.0. The Bertz CT molecular complexity index is 1820. The number of para-hydroxylation sites is 2. The van der Waals surface area contributed by atoms with E-state index < -0.39 is 14.3 Å². The third-order valence-electron chi connectivity index (χ3n) is 8.77. The minimum Gasteiger partial charge on any atom is -0.491 e. The van der Waals surface area contributed by atoms with Crippen molar-refractivity contribution in [1.29, 1.82) is 0 Å². The van der Waals surface area contributed by atoms with Gasteiger partial charge in [0.25, 0.3) is 0 Å². The first-order chi connectivity index (χ1) is 25.6. The summed E-state index contributed by atoms with van der Waals surface area (Å²) in [6.07, 6.45) is 0.718. The smallest absolute Gasteiger partial charge is 0.147 e. The van der Waals surface area contributed by atoms with Crippen molar-refractivity contribution < 1.29 is 28.1 Å². The van der Waals surface area contributed by atoms with Crippen molar-refractivity contribution in [3.8, 4) is 11.5 Å². The Morgan fingerprint density at radius 2 is 0.596 bits per heavy atom. The zero-order valence-electron chi connectivity index (χ0n) is 29.2. The van der Waals surface area contributed by atoms with Crippen LogP contribution in [0.4, 0.5) is 0 Å². The van der Waals surface area contributed by atoms with Crippen LogP contribution in [0, 0.1) is 0 Å². The van der Waals surface area contributed by atoms with Gasteiger partial charge in [-0.2, -0.15) is 0 Å². The molecule has 0 atom stereocenters. The molecule has 6 rings (SSSR count). The molecule has 0 saturated heterocycles. The highest BCUT2D eigenvalue weighted by molar-refractivity contribution is 7.78. The van der Waals surface area contributed by atoms with Crippen LogP contribution in [0.3, 0.4) is 0 Å². The lowest BCUT2D eigenvalue weighted by Crippen LogP contribution is -2.18. The molecule has 52 heavy (non-hydrogen) atoms. The molecule has 0 radical (unpaired) electrons. The molecule has 0 amide bonds. The SMILES string of the molecule is O=P(Cc1ccccc1OCCOCCOCCOc1ccccc1CP(=O)(c1ccccc1)c1ccccc1)(c1ccccc1)c1ccccc1. The summed E-state index contributed by atoms with van der Waals surface area (Å²) in [6.45, 7) is 2.31. The van der Waals surface area contributed by atoms with E-state index >= 15 is 0 Å². The summed E-state index contributed by atoms with van der Waals surface area (Å²) in [5.74, 6) is 1.41. The molecular formula is C44H44O6P2.